The van der Waals surface area contributed by atoms with Crippen LogP contribution in [0, 0.1) is 0 Å². The minimum absolute atomic E-state index is 0.0411. The van der Waals surface area contributed by atoms with Crippen LogP contribution in [0.5, 0.6) is 11.5 Å². The first-order valence-corrected chi connectivity index (χ1v) is 5.96. The van der Waals surface area contributed by atoms with Crippen molar-refractivity contribution in [3.8, 4) is 11.5 Å². The van der Waals surface area contributed by atoms with Crippen LogP contribution in [0.15, 0.2) is 42.7 Å². The lowest BCUT2D eigenvalue weighted by atomic mass is 10.2. The highest BCUT2D eigenvalue weighted by molar-refractivity contribution is 5.94. The zero-order valence-electron chi connectivity index (χ0n) is 10.7. The maximum Gasteiger partial charge on any atom is 0.251 e. The van der Waals surface area contributed by atoms with E-state index in [-0.39, 0.29) is 11.7 Å². The first-order valence-electron chi connectivity index (χ1n) is 5.96. The van der Waals surface area contributed by atoms with E-state index in [2.05, 4.69) is 5.32 Å². The second-order valence-corrected chi connectivity index (χ2v) is 4.06. The fraction of sp³-hybridized carbons (Fsp3) is 0.214. The van der Waals surface area contributed by atoms with Crippen molar-refractivity contribution in [1.82, 2.24) is 9.88 Å². The number of benzene rings is 1. The molecule has 2 rings (SSSR count). The Labute approximate surface area is 111 Å². The van der Waals surface area contributed by atoms with Crippen LogP contribution < -0.4 is 10.1 Å². The molecule has 0 aliphatic carbocycles. The van der Waals surface area contributed by atoms with E-state index in [0.717, 1.165) is 0 Å². The summed E-state index contributed by atoms with van der Waals surface area (Å²) in [6.45, 7) is 1.24. The third kappa shape index (κ3) is 3.28. The molecule has 0 aliphatic rings. The fourth-order valence-corrected chi connectivity index (χ4v) is 1.75. The summed E-state index contributed by atoms with van der Waals surface area (Å²) in [6, 6.07) is 8.44. The molecule has 1 aromatic heterocycles. The highest BCUT2D eigenvalue weighted by Gasteiger charge is 2.08. The van der Waals surface area contributed by atoms with Gasteiger partial charge in [0.2, 0.25) is 0 Å². The molecule has 1 aromatic carbocycles. The number of nitrogens with one attached hydrogen (secondary N) is 1. The molecular formula is C14H16N2O3. The van der Waals surface area contributed by atoms with E-state index in [0.29, 0.717) is 24.4 Å². The zero-order chi connectivity index (χ0) is 13.7. The Morgan fingerprint density at radius 3 is 2.74 bits per heavy atom. The molecule has 0 bridgehead atoms. The number of nitrogens with zero attached hydrogens (tertiary/aromatic N) is 1. The van der Waals surface area contributed by atoms with E-state index in [1.807, 2.05) is 29.1 Å². The number of ether oxygens (including phenoxy) is 1. The van der Waals surface area contributed by atoms with Gasteiger partial charge in [-0.1, -0.05) is 0 Å². The van der Waals surface area contributed by atoms with E-state index in [1.54, 1.807) is 12.1 Å². The summed E-state index contributed by atoms with van der Waals surface area (Å²) in [6.07, 6.45) is 3.87. The van der Waals surface area contributed by atoms with Gasteiger partial charge in [0.05, 0.1) is 7.11 Å². The summed E-state index contributed by atoms with van der Waals surface area (Å²) in [7, 11) is 1.46. The molecule has 5 heteroatoms. The van der Waals surface area contributed by atoms with Crippen molar-refractivity contribution in [2.75, 3.05) is 13.7 Å². The molecule has 19 heavy (non-hydrogen) atoms. The van der Waals surface area contributed by atoms with Crippen LogP contribution in [-0.2, 0) is 6.54 Å². The van der Waals surface area contributed by atoms with Gasteiger partial charge in [-0.15, -0.1) is 0 Å². The largest absolute Gasteiger partial charge is 0.504 e. The molecule has 5 nitrogen and oxygen atoms in total. The predicted molar refractivity (Wildman–Crippen MR) is 71.4 cm³/mol. The number of rotatable bonds is 5. The summed E-state index contributed by atoms with van der Waals surface area (Å²) in [4.78, 5) is 11.9. The molecule has 1 amide bonds. The number of hydrogen-bond donors (Lipinski definition) is 2. The third-order valence-electron chi connectivity index (χ3n) is 2.76. The topological polar surface area (TPSA) is 63.5 Å². The number of carbonyl (C=O) groups is 1. The standard InChI is InChI=1S/C14H16N2O3/c1-19-13-5-4-11(10-12(13)17)14(18)15-6-9-16-7-2-3-8-16/h2-5,7-8,10,17H,6,9H2,1H3,(H,15,18). The number of methoxy groups -OCH3 is 1. The van der Waals surface area contributed by atoms with Gasteiger partial charge in [0.15, 0.2) is 11.5 Å². The quantitative estimate of drug-likeness (QED) is 0.859. The van der Waals surface area contributed by atoms with Gasteiger partial charge in [-0.3, -0.25) is 4.79 Å². The average Bonchev–Trinajstić information content (AvgIpc) is 2.91. The first-order chi connectivity index (χ1) is 9.20. The van der Waals surface area contributed by atoms with E-state index < -0.39 is 0 Å². The van der Waals surface area contributed by atoms with E-state index in [9.17, 15) is 9.90 Å². The number of phenolic OH excluding ortho intramolecular Hbond substituents is 1. The van der Waals surface area contributed by atoms with Gasteiger partial charge in [-0.25, -0.2) is 0 Å². The second kappa shape index (κ2) is 5.95. The van der Waals surface area contributed by atoms with Gasteiger partial charge in [-0.05, 0) is 30.3 Å². The van der Waals surface area contributed by atoms with Crippen LogP contribution in [0.25, 0.3) is 0 Å². The van der Waals surface area contributed by atoms with Crippen LogP contribution in [0.2, 0.25) is 0 Å². The van der Waals surface area contributed by atoms with Crippen LogP contribution in [0.4, 0.5) is 0 Å². The van der Waals surface area contributed by atoms with Crippen LogP contribution in [0.1, 0.15) is 10.4 Å². The molecule has 0 radical (unpaired) electrons. The van der Waals surface area contributed by atoms with Gasteiger partial charge in [0.25, 0.3) is 5.91 Å². The van der Waals surface area contributed by atoms with Gasteiger partial charge < -0.3 is 19.7 Å². The highest BCUT2D eigenvalue weighted by Crippen LogP contribution is 2.25. The van der Waals surface area contributed by atoms with Gasteiger partial charge >= 0.3 is 0 Å². The van der Waals surface area contributed by atoms with Gasteiger partial charge in [0.1, 0.15) is 0 Å². The Kier molecular flexibility index (Phi) is 4.07. The van der Waals surface area contributed by atoms with Crippen molar-refractivity contribution in [2.24, 2.45) is 0 Å². The molecule has 2 aromatic rings. The maximum atomic E-state index is 11.9. The maximum absolute atomic E-state index is 11.9. The van der Waals surface area contributed by atoms with Crippen LogP contribution in [0.3, 0.4) is 0 Å². The molecule has 0 saturated carbocycles. The molecular weight excluding hydrogens is 244 g/mol. The van der Waals surface area contributed by atoms with E-state index in [4.69, 9.17) is 4.74 Å². The third-order valence-corrected chi connectivity index (χ3v) is 2.76. The molecule has 2 N–H and O–H groups in total. The monoisotopic (exact) mass is 260 g/mol. The number of amides is 1. The molecule has 0 unspecified atom stereocenters. The van der Waals surface area contributed by atoms with E-state index >= 15 is 0 Å². The SMILES string of the molecule is COc1ccc(C(=O)NCCn2cccc2)cc1O. The van der Waals surface area contributed by atoms with Crippen molar-refractivity contribution in [2.45, 2.75) is 6.54 Å². The van der Waals surface area contributed by atoms with Crippen LogP contribution in [-0.4, -0.2) is 29.2 Å². The lowest BCUT2D eigenvalue weighted by molar-refractivity contribution is 0.0952. The van der Waals surface area contributed by atoms with Gasteiger partial charge in [0, 0.05) is 31.0 Å². The van der Waals surface area contributed by atoms with Crippen molar-refractivity contribution in [3.05, 3.63) is 48.3 Å². The molecule has 100 valence electrons. The summed E-state index contributed by atoms with van der Waals surface area (Å²) >= 11 is 0. The Bertz CT molecular complexity index is 550. The Balaban J connectivity index is 1.91. The van der Waals surface area contributed by atoms with Crippen molar-refractivity contribution in [3.63, 3.8) is 0 Å². The predicted octanol–water partition coefficient (Wildman–Crippen LogP) is 1.63. The Hall–Kier alpha value is -2.43. The number of phenols is 1. The van der Waals surface area contributed by atoms with E-state index in [1.165, 1.54) is 13.2 Å². The summed E-state index contributed by atoms with van der Waals surface area (Å²) in [5.41, 5.74) is 0.408. The molecule has 1 heterocycles. The second-order valence-electron chi connectivity index (χ2n) is 4.06. The number of aromatic hydroxyl groups is 1. The summed E-state index contributed by atoms with van der Waals surface area (Å²) in [5.74, 6) is 0.0922. The Morgan fingerprint density at radius 1 is 1.37 bits per heavy atom. The van der Waals surface area contributed by atoms with Crippen LogP contribution >= 0.6 is 0 Å². The lowest BCUT2D eigenvalue weighted by Crippen LogP contribution is -2.26. The lowest BCUT2D eigenvalue weighted by Gasteiger charge is -2.08. The number of hydrogen-bond acceptors (Lipinski definition) is 3. The normalized spacial score (nSPS) is 10.2. The molecule has 0 atom stereocenters. The highest BCUT2D eigenvalue weighted by atomic mass is 16.5. The number of aromatic nitrogens is 1. The molecule has 0 spiro atoms. The molecule has 0 fully saturated rings. The summed E-state index contributed by atoms with van der Waals surface area (Å²) < 4.78 is 6.90. The molecule has 0 saturated heterocycles. The summed E-state index contributed by atoms with van der Waals surface area (Å²) in [5, 5.41) is 12.4. The number of carbonyl (C=O) groups excluding carboxylic acids is 1. The van der Waals surface area contributed by atoms with Crippen molar-refractivity contribution >= 4 is 5.91 Å². The fourth-order valence-electron chi connectivity index (χ4n) is 1.75. The molecule has 0 aliphatic heterocycles. The zero-order valence-corrected chi connectivity index (χ0v) is 10.7. The Morgan fingerprint density at radius 2 is 2.11 bits per heavy atom. The van der Waals surface area contributed by atoms with Crippen molar-refractivity contribution in [1.29, 1.82) is 0 Å². The van der Waals surface area contributed by atoms with Gasteiger partial charge in [-0.2, -0.15) is 0 Å². The minimum atomic E-state index is -0.217. The minimum Gasteiger partial charge on any atom is -0.504 e. The average molecular weight is 260 g/mol. The van der Waals surface area contributed by atoms with Crippen molar-refractivity contribution < 1.29 is 14.6 Å². The first kappa shape index (κ1) is 13.0. The smallest absolute Gasteiger partial charge is 0.251 e.